The summed E-state index contributed by atoms with van der Waals surface area (Å²) in [7, 11) is 0. The molecule has 0 aliphatic carbocycles. The molecule has 1 aromatic heterocycles. The van der Waals surface area contributed by atoms with Gasteiger partial charge in [-0.1, -0.05) is 0 Å². The lowest BCUT2D eigenvalue weighted by Gasteiger charge is -2.09. The van der Waals surface area contributed by atoms with E-state index < -0.39 is 0 Å². The van der Waals surface area contributed by atoms with Crippen LogP contribution in [0.1, 0.15) is 18.4 Å². The largest absolute Gasteiger partial charge is 0.361 e. The number of benzene rings is 1. The Morgan fingerprint density at radius 3 is 3.12 bits per heavy atom. The summed E-state index contributed by atoms with van der Waals surface area (Å²) >= 11 is 1.81. The minimum Gasteiger partial charge on any atom is -0.361 e. The Bertz CT molecular complexity index is 512. The van der Waals surface area contributed by atoms with Crippen molar-refractivity contribution in [3.8, 4) is 0 Å². The van der Waals surface area contributed by atoms with Gasteiger partial charge in [0.2, 0.25) is 0 Å². The average molecular weight is 246 g/mol. The number of hydrogen-bond donors (Lipinski definition) is 2. The molecule has 0 bridgehead atoms. The molecule has 1 atom stereocenters. The number of rotatable bonds is 3. The van der Waals surface area contributed by atoms with Crippen molar-refractivity contribution in [3.63, 3.8) is 0 Å². The van der Waals surface area contributed by atoms with Crippen LogP contribution in [0.4, 0.5) is 0 Å². The van der Waals surface area contributed by atoms with Crippen molar-refractivity contribution in [1.82, 2.24) is 10.3 Å². The highest BCUT2D eigenvalue weighted by molar-refractivity contribution is 7.98. The molecule has 1 fully saturated rings. The summed E-state index contributed by atoms with van der Waals surface area (Å²) in [4.78, 5) is 4.72. The van der Waals surface area contributed by atoms with Crippen molar-refractivity contribution in [2.24, 2.45) is 0 Å². The fourth-order valence-electron chi connectivity index (χ4n) is 2.65. The van der Waals surface area contributed by atoms with Gasteiger partial charge in [0.15, 0.2) is 0 Å². The fourth-order valence-corrected chi connectivity index (χ4v) is 3.09. The summed E-state index contributed by atoms with van der Waals surface area (Å²) in [5.74, 6) is 0. The number of aromatic amines is 1. The second-order valence-electron chi connectivity index (χ2n) is 4.72. The van der Waals surface area contributed by atoms with Crippen molar-refractivity contribution in [2.75, 3.05) is 12.8 Å². The maximum absolute atomic E-state index is 3.57. The molecule has 2 N–H and O–H groups in total. The van der Waals surface area contributed by atoms with Gasteiger partial charge in [-0.05, 0) is 55.8 Å². The molecule has 1 aromatic carbocycles. The van der Waals surface area contributed by atoms with Gasteiger partial charge in [0.1, 0.15) is 0 Å². The fraction of sp³-hybridized carbons (Fsp3) is 0.429. The van der Waals surface area contributed by atoms with Crippen LogP contribution in [-0.4, -0.2) is 23.8 Å². The van der Waals surface area contributed by atoms with Crippen LogP contribution in [0, 0.1) is 0 Å². The Balaban J connectivity index is 1.92. The predicted molar refractivity (Wildman–Crippen MR) is 74.8 cm³/mol. The molecule has 1 saturated heterocycles. The highest BCUT2D eigenvalue weighted by Gasteiger charge is 2.16. The summed E-state index contributed by atoms with van der Waals surface area (Å²) in [6, 6.07) is 7.35. The van der Waals surface area contributed by atoms with Crippen molar-refractivity contribution in [1.29, 1.82) is 0 Å². The van der Waals surface area contributed by atoms with Crippen LogP contribution < -0.4 is 5.32 Å². The van der Waals surface area contributed by atoms with Crippen molar-refractivity contribution in [2.45, 2.75) is 30.2 Å². The molecule has 0 amide bonds. The van der Waals surface area contributed by atoms with Crippen molar-refractivity contribution >= 4 is 22.7 Å². The molecule has 3 heteroatoms. The maximum Gasteiger partial charge on any atom is 0.0457 e. The number of thioether (sulfide) groups is 1. The summed E-state index contributed by atoms with van der Waals surface area (Å²) in [6.07, 6.45) is 8.09. The average Bonchev–Trinajstić information content (AvgIpc) is 2.99. The standard InChI is InChI=1S/C14H18N2S/c1-17-12-4-5-14-13(8-12)10(9-16-14)7-11-3-2-6-15-11/h4-5,8-9,11,15-16H,2-3,6-7H2,1H3/t11-/m1/s1. The molecule has 17 heavy (non-hydrogen) atoms. The van der Waals surface area contributed by atoms with Crippen LogP contribution in [-0.2, 0) is 6.42 Å². The van der Waals surface area contributed by atoms with Gasteiger partial charge >= 0.3 is 0 Å². The van der Waals surface area contributed by atoms with Gasteiger partial charge in [-0.3, -0.25) is 0 Å². The minimum atomic E-state index is 0.673. The van der Waals surface area contributed by atoms with E-state index in [1.54, 1.807) is 0 Å². The smallest absolute Gasteiger partial charge is 0.0457 e. The van der Waals surface area contributed by atoms with Gasteiger partial charge in [0.25, 0.3) is 0 Å². The third-order valence-electron chi connectivity index (χ3n) is 3.60. The third-order valence-corrected chi connectivity index (χ3v) is 4.33. The van der Waals surface area contributed by atoms with Gasteiger partial charge in [0.05, 0.1) is 0 Å². The molecule has 1 aliphatic heterocycles. The molecule has 0 saturated carbocycles. The monoisotopic (exact) mass is 246 g/mol. The van der Waals surface area contributed by atoms with Crippen LogP contribution in [0.15, 0.2) is 29.3 Å². The first kappa shape index (κ1) is 11.2. The SMILES string of the molecule is CSc1ccc2[nH]cc(C[C@H]3CCCN3)c2c1. The zero-order valence-corrected chi connectivity index (χ0v) is 10.9. The number of hydrogen-bond acceptors (Lipinski definition) is 2. The molecular formula is C14H18N2S. The Labute approximate surface area is 106 Å². The van der Waals surface area contributed by atoms with E-state index in [1.807, 2.05) is 11.8 Å². The first-order valence-electron chi connectivity index (χ1n) is 6.24. The maximum atomic E-state index is 3.57. The van der Waals surface area contributed by atoms with E-state index in [0.29, 0.717) is 6.04 Å². The lowest BCUT2D eigenvalue weighted by Crippen LogP contribution is -2.23. The van der Waals surface area contributed by atoms with Crippen molar-refractivity contribution in [3.05, 3.63) is 30.0 Å². The summed E-state index contributed by atoms with van der Waals surface area (Å²) in [5, 5.41) is 4.96. The summed E-state index contributed by atoms with van der Waals surface area (Å²) in [6.45, 7) is 1.18. The van der Waals surface area contributed by atoms with E-state index in [1.165, 1.54) is 40.7 Å². The predicted octanol–water partition coefficient (Wildman–Crippen LogP) is 3.18. The Kier molecular flexibility index (Phi) is 3.12. The Morgan fingerprint density at radius 1 is 1.41 bits per heavy atom. The molecule has 0 spiro atoms. The number of aromatic nitrogens is 1. The van der Waals surface area contributed by atoms with Crippen LogP contribution in [0.5, 0.6) is 0 Å². The summed E-state index contributed by atoms with van der Waals surface area (Å²) < 4.78 is 0. The molecule has 0 radical (unpaired) electrons. The highest BCUT2D eigenvalue weighted by Crippen LogP contribution is 2.26. The number of H-pyrrole nitrogens is 1. The second kappa shape index (κ2) is 4.75. The van der Waals surface area contributed by atoms with Gasteiger partial charge in [-0.15, -0.1) is 11.8 Å². The van der Waals surface area contributed by atoms with Crippen LogP contribution in [0.25, 0.3) is 10.9 Å². The number of fused-ring (bicyclic) bond motifs is 1. The van der Waals surface area contributed by atoms with Gasteiger partial charge in [0, 0.05) is 28.0 Å². The lowest BCUT2D eigenvalue weighted by molar-refractivity contribution is 0.605. The number of nitrogens with one attached hydrogen (secondary N) is 2. The normalized spacial score (nSPS) is 20.2. The minimum absolute atomic E-state index is 0.673. The van der Waals surface area contributed by atoms with Gasteiger partial charge in [-0.25, -0.2) is 0 Å². The van der Waals surface area contributed by atoms with E-state index in [2.05, 4.69) is 41.0 Å². The topological polar surface area (TPSA) is 27.8 Å². The second-order valence-corrected chi connectivity index (χ2v) is 5.60. The van der Waals surface area contributed by atoms with E-state index in [9.17, 15) is 0 Å². The highest BCUT2D eigenvalue weighted by atomic mass is 32.2. The Morgan fingerprint density at radius 2 is 2.35 bits per heavy atom. The quantitative estimate of drug-likeness (QED) is 0.814. The van der Waals surface area contributed by atoms with E-state index in [-0.39, 0.29) is 0 Å². The van der Waals surface area contributed by atoms with Crippen LogP contribution >= 0.6 is 11.8 Å². The first-order valence-corrected chi connectivity index (χ1v) is 7.46. The van der Waals surface area contributed by atoms with Crippen LogP contribution in [0.2, 0.25) is 0 Å². The van der Waals surface area contributed by atoms with E-state index >= 15 is 0 Å². The lowest BCUT2D eigenvalue weighted by atomic mass is 10.0. The Hall–Kier alpha value is -0.930. The molecule has 3 rings (SSSR count). The molecule has 2 heterocycles. The molecule has 2 nitrogen and oxygen atoms in total. The zero-order valence-electron chi connectivity index (χ0n) is 10.1. The molecular weight excluding hydrogens is 228 g/mol. The van der Waals surface area contributed by atoms with Crippen molar-refractivity contribution < 1.29 is 0 Å². The van der Waals surface area contributed by atoms with E-state index in [0.717, 1.165) is 6.42 Å². The zero-order chi connectivity index (χ0) is 11.7. The third kappa shape index (κ3) is 2.22. The molecule has 2 aromatic rings. The molecule has 1 aliphatic rings. The molecule has 0 unspecified atom stereocenters. The summed E-state index contributed by atoms with van der Waals surface area (Å²) in [5.41, 5.74) is 2.71. The van der Waals surface area contributed by atoms with Crippen LogP contribution in [0.3, 0.4) is 0 Å². The van der Waals surface area contributed by atoms with Gasteiger partial charge in [-0.2, -0.15) is 0 Å². The van der Waals surface area contributed by atoms with Gasteiger partial charge < -0.3 is 10.3 Å². The van der Waals surface area contributed by atoms with E-state index in [4.69, 9.17) is 0 Å². The molecule has 90 valence electrons. The first-order chi connectivity index (χ1) is 8.36.